The van der Waals surface area contributed by atoms with E-state index in [1.807, 2.05) is 12.1 Å². The maximum Gasteiger partial charge on any atom is 0.288 e. The van der Waals surface area contributed by atoms with E-state index < -0.39 is 4.92 Å². The van der Waals surface area contributed by atoms with E-state index in [2.05, 4.69) is 15.9 Å². The molecule has 0 unspecified atom stereocenters. The molecule has 1 heterocycles. The standard InChI is InChI=1S/C18H10BrNO4/c19-17-10(5-3-6-13(17)21)11-8-9-15-16(18(11)20(22)23)12-4-1-2-7-14(12)24-15/h1-9,21H. The number of benzene rings is 3. The minimum Gasteiger partial charge on any atom is -0.507 e. The molecule has 0 fully saturated rings. The Balaban J connectivity index is 2.17. The molecule has 3 aromatic carbocycles. The van der Waals surface area contributed by atoms with Crippen molar-refractivity contribution in [1.82, 2.24) is 0 Å². The second-order valence-electron chi connectivity index (χ2n) is 5.33. The molecule has 4 rings (SSSR count). The first-order chi connectivity index (χ1) is 11.6. The zero-order valence-corrected chi connectivity index (χ0v) is 13.8. The highest BCUT2D eigenvalue weighted by molar-refractivity contribution is 9.10. The number of phenolic OH excluding ortho intramolecular Hbond substituents is 1. The monoisotopic (exact) mass is 383 g/mol. The van der Waals surface area contributed by atoms with Crippen LogP contribution in [0.1, 0.15) is 0 Å². The molecule has 0 atom stereocenters. The van der Waals surface area contributed by atoms with Crippen molar-refractivity contribution in [2.45, 2.75) is 0 Å². The first-order valence-corrected chi connectivity index (χ1v) is 7.93. The third-order valence-electron chi connectivity index (χ3n) is 3.97. The lowest BCUT2D eigenvalue weighted by atomic mass is 9.99. The second kappa shape index (κ2) is 5.35. The van der Waals surface area contributed by atoms with Gasteiger partial charge in [0.25, 0.3) is 5.69 Å². The average Bonchev–Trinajstić information content (AvgIpc) is 2.95. The Morgan fingerprint density at radius 1 is 0.958 bits per heavy atom. The number of aromatic hydroxyl groups is 1. The summed E-state index contributed by atoms with van der Waals surface area (Å²) in [5.41, 5.74) is 1.99. The Kier molecular flexibility index (Phi) is 3.28. The maximum atomic E-state index is 11.8. The van der Waals surface area contributed by atoms with Crippen molar-refractivity contribution in [2.24, 2.45) is 0 Å². The third kappa shape index (κ3) is 2.07. The highest BCUT2D eigenvalue weighted by atomic mass is 79.9. The van der Waals surface area contributed by atoms with Crippen molar-refractivity contribution in [2.75, 3.05) is 0 Å². The number of para-hydroxylation sites is 1. The normalized spacial score (nSPS) is 11.2. The van der Waals surface area contributed by atoms with Gasteiger partial charge in [-0.1, -0.05) is 30.3 Å². The van der Waals surface area contributed by atoms with Crippen LogP contribution in [0, 0.1) is 10.1 Å². The summed E-state index contributed by atoms with van der Waals surface area (Å²) in [6, 6.07) is 15.5. The van der Waals surface area contributed by atoms with Crippen LogP contribution in [0.15, 0.2) is 63.5 Å². The van der Waals surface area contributed by atoms with E-state index in [0.29, 0.717) is 37.5 Å². The van der Waals surface area contributed by atoms with Crippen LogP contribution in [0.4, 0.5) is 5.69 Å². The third-order valence-corrected chi connectivity index (χ3v) is 4.80. The first-order valence-electron chi connectivity index (χ1n) is 7.14. The van der Waals surface area contributed by atoms with Crippen molar-refractivity contribution in [3.05, 3.63) is 69.2 Å². The fourth-order valence-electron chi connectivity index (χ4n) is 2.93. The molecule has 1 aromatic heterocycles. The number of nitro benzene ring substituents is 1. The maximum absolute atomic E-state index is 11.8. The molecule has 1 N–H and O–H groups in total. The summed E-state index contributed by atoms with van der Waals surface area (Å²) in [7, 11) is 0. The van der Waals surface area contributed by atoms with Gasteiger partial charge in [0.2, 0.25) is 0 Å². The minimum atomic E-state index is -0.407. The van der Waals surface area contributed by atoms with Crippen LogP contribution < -0.4 is 0 Å². The number of hydrogen-bond acceptors (Lipinski definition) is 4. The number of rotatable bonds is 2. The number of halogens is 1. The van der Waals surface area contributed by atoms with Gasteiger partial charge in [-0.15, -0.1) is 0 Å². The summed E-state index contributed by atoms with van der Waals surface area (Å²) >= 11 is 3.31. The number of nitrogens with zero attached hydrogens (tertiary/aromatic N) is 1. The van der Waals surface area contributed by atoms with Gasteiger partial charge in [-0.25, -0.2) is 0 Å². The Morgan fingerprint density at radius 2 is 1.75 bits per heavy atom. The van der Waals surface area contributed by atoms with Crippen molar-refractivity contribution >= 4 is 43.6 Å². The largest absolute Gasteiger partial charge is 0.507 e. The fraction of sp³-hybridized carbons (Fsp3) is 0. The Morgan fingerprint density at radius 3 is 2.54 bits per heavy atom. The summed E-state index contributed by atoms with van der Waals surface area (Å²) in [4.78, 5) is 11.4. The fourth-order valence-corrected chi connectivity index (χ4v) is 3.41. The second-order valence-corrected chi connectivity index (χ2v) is 6.12. The van der Waals surface area contributed by atoms with E-state index in [9.17, 15) is 15.2 Å². The number of hydrogen-bond donors (Lipinski definition) is 1. The molecule has 0 bridgehead atoms. The van der Waals surface area contributed by atoms with Gasteiger partial charge in [0.15, 0.2) is 0 Å². The lowest BCUT2D eigenvalue weighted by Crippen LogP contribution is -1.93. The van der Waals surface area contributed by atoms with E-state index in [4.69, 9.17) is 4.42 Å². The smallest absolute Gasteiger partial charge is 0.288 e. The van der Waals surface area contributed by atoms with Crippen LogP contribution in [0.5, 0.6) is 5.75 Å². The first kappa shape index (κ1) is 14.7. The molecule has 0 saturated heterocycles. The molecule has 0 spiro atoms. The van der Waals surface area contributed by atoms with Crippen LogP contribution >= 0.6 is 15.9 Å². The van der Waals surface area contributed by atoms with E-state index in [-0.39, 0.29) is 11.4 Å². The van der Waals surface area contributed by atoms with Gasteiger partial charge in [0.05, 0.1) is 15.0 Å². The molecular weight excluding hydrogens is 374 g/mol. The Labute approximate surface area is 144 Å². The van der Waals surface area contributed by atoms with Crippen molar-refractivity contribution in [3.63, 3.8) is 0 Å². The number of phenols is 1. The SMILES string of the molecule is O=[N+]([O-])c1c(-c2cccc(O)c2Br)ccc2oc3ccccc3c12. The molecule has 118 valence electrons. The molecule has 6 heteroatoms. The predicted molar refractivity (Wildman–Crippen MR) is 95.2 cm³/mol. The van der Waals surface area contributed by atoms with Crippen LogP contribution in [-0.2, 0) is 0 Å². The highest BCUT2D eigenvalue weighted by Gasteiger charge is 2.25. The average molecular weight is 384 g/mol. The van der Waals surface area contributed by atoms with Gasteiger partial charge in [-0.2, -0.15) is 0 Å². The Hall–Kier alpha value is -2.86. The summed E-state index contributed by atoms with van der Waals surface area (Å²) in [6.45, 7) is 0. The molecule has 4 aromatic rings. The van der Waals surface area contributed by atoms with E-state index >= 15 is 0 Å². The molecule has 0 radical (unpaired) electrons. The summed E-state index contributed by atoms with van der Waals surface area (Å²) in [6.07, 6.45) is 0. The van der Waals surface area contributed by atoms with Crippen LogP contribution in [0.25, 0.3) is 33.1 Å². The summed E-state index contributed by atoms with van der Waals surface area (Å²) in [5.74, 6) is 0.0268. The summed E-state index contributed by atoms with van der Waals surface area (Å²) in [5, 5.41) is 22.9. The topological polar surface area (TPSA) is 76.5 Å². The minimum absolute atomic E-state index is 0.0268. The van der Waals surface area contributed by atoms with Crippen molar-refractivity contribution in [1.29, 1.82) is 0 Å². The highest BCUT2D eigenvalue weighted by Crippen LogP contribution is 2.44. The molecule has 5 nitrogen and oxygen atoms in total. The lowest BCUT2D eigenvalue weighted by molar-refractivity contribution is -0.382. The van der Waals surface area contributed by atoms with Gasteiger partial charge in [-0.3, -0.25) is 10.1 Å². The van der Waals surface area contributed by atoms with Crippen LogP contribution in [-0.4, -0.2) is 10.0 Å². The van der Waals surface area contributed by atoms with Gasteiger partial charge >= 0.3 is 0 Å². The van der Waals surface area contributed by atoms with Gasteiger partial charge in [0.1, 0.15) is 22.3 Å². The zero-order chi connectivity index (χ0) is 16.8. The summed E-state index contributed by atoms with van der Waals surface area (Å²) < 4.78 is 6.14. The molecular formula is C18H10BrNO4. The molecule has 0 saturated carbocycles. The predicted octanol–water partition coefficient (Wildman–Crippen LogP) is 5.63. The zero-order valence-electron chi connectivity index (χ0n) is 12.2. The van der Waals surface area contributed by atoms with Crippen molar-refractivity contribution in [3.8, 4) is 16.9 Å². The van der Waals surface area contributed by atoms with Crippen LogP contribution in [0.2, 0.25) is 0 Å². The van der Waals surface area contributed by atoms with E-state index in [1.165, 1.54) is 6.07 Å². The molecule has 0 aliphatic heterocycles. The molecule has 0 aliphatic rings. The van der Waals surface area contributed by atoms with Gasteiger partial charge in [0, 0.05) is 10.9 Å². The number of fused-ring (bicyclic) bond motifs is 3. The van der Waals surface area contributed by atoms with Crippen LogP contribution in [0.3, 0.4) is 0 Å². The molecule has 24 heavy (non-hydrogen) atoms. The number of furan rings is 1. The van der Waals surface area contributed by atoms with E-state index in [1.54, 1.807) is 36.4 Å². The van der Waals surface area contributed by atoms with Gasteiger partial charge < -0.3 is 9.52 Å². The van der Waals surface area contributed by atoms with Gasteiger partial charge in [-0.05, 0) is 40.2 Å². The Bertz CT molecular complexity index is 1120. The lowest BCUT2D eigenvalue weighted by Gasteiger charge is -2.08. The van der Waals surface area contributed by atoms with Crippen molar-refractivity contribution < 1.29 is 14.4 Å². The number of nitro groups is 1. The molecule has 0 aliphatic carbocycles. The molecule has 0 amide bonds. The quantitative estimate of drug-likeness (QED) is 0.359. The van der Waals surface area contributed by atoms with E-state index in [0.717, 1.165) is 0 Å².